The number of hydrogen-bond acceptors (Lipinski definition) is 3. The lowest BCUT2D eigenvalue weighted by Crippen LogP contribution is -2.15. The minimum Gasteiger partial charge on any atom is -0.289 e. The van der Waals surface area contributed by atoms with Crippen molar-refractivity contribution >= 4 is 11.3 Å². The van der Waals surface area contributed by atoms with Crippen LogP contribution < -0.4 is 5.69 Å². The van der Waals surface area contributed by atoms with Crippen LogP contribution >= 0.6 is 0 Å². The third kappa shape index (κ3) is 0.898. The summed E-state index contributed by atoms with van der Waals surface area (Å²) < 4.78 is 1.70. The fourth-order valence-corrected chi connectivity index (χ4v) is 1.52. The number of hydrogen-bond donors (Lipinski definition) is 1. The zero-order valence-electron chi connectivity index (χ0n) is 6.90. The third-order valence-corrected chi connectivity index (χ3v) is 2.26. The minimum atomic E-state index is -0.0938. The summed E-state index contributed by atoms with van der Waals surface area (Å²) in [6, 6.07) is 0.345. The van der Waals surface area contributed by atoms with Gasteiger partial charge in [-0.3, -0.25) is 9.55 Å². The Bertz CT molecular complexity index is 508. The van der Waals surface area contributed by atoms with Gasteiger partial charge in [0.2, 0.25) is 0 Å². The molecule has 5 nitrogen and oxygen atoms in total. The van der Waals surface area contributed by atoms with E-state index < -0.39 is 0 Å². The Morgan fingerprint density at radius 2 is 2.15 bits per heavy atom. The number of aromatic nitrogens is 4. The molecule has 0 bridgehead atoms. The van der Waals surface area contributed by atoms with Crippen LogP contribution in [0.25, 0.3) is 11.3 Å². The van der Waals surface area contributed by atoms with Gasteiger partial charge in [0, 0.05) is 18.4 Å². The predicted molar refractivity (Wildman–Crippen MR) is 46.4 cm³/mol. The molecule has 1 saturated carbocycles. The van der Waals surface area contributed by atoms with Crippen LogP contribution in [0, 0.1) is 0 Å². The number of aromatic amines is 1. The maximum absolute atomic E-state index is 11.4. The van der Waals surface area contributed by atoms with Gasteiger partial charge in [0.25, 0.3) is 0 Å². The van der Waals surface area contributed by atoms with E-state index in [0.29, 0.717) is 17.3 Å². The maximum atomic E-state index is 11.4. The van der Waals surface area contributed by atoms with Crippen LogP contribution in [-0.4, -0.2) is 19.5 Å². The molecule has 1 N–H and O–H groups in total. The van der Waals surface area contributed by atoms with Crippen LogP contribution in [0.2, 0.25) is 0 Å². The van der Waals surface area contributed by atoms with Gasteiger partial charge in [-0.2, -0.15) is 0 Å². The van der Waals surface area contributed by atoms with E-state index >= 15 is 0 Å². The molecular formula is C8H8N4O. The fourth-order valence-electron chi connectivity index (χ4n) is 1.52. The summed E-state index contributed by atoms with van der Waals surface area (Å²) in [6.07, 6.45) is 5.33. The molecule has 0 saturated heterocycles. The zero-order valence-corrected chi connectivity index (χ0v) is 6.90. The van der Waals surface area contributed by atoms with Crippen molar-refractivity contribution in [2.24, 2.45) is 0 Å². The van der Waals surface area contributed by atoms with E-state index in [4.69, 9.17) is 0 Å². The predicted octanol–water partition coefficient (Wildman–Crippen LogP) is 0.454. The summed E-state index contributed by atoms with van der Waals surface area (Å²) in [5, 5.41) is 0. The van der Waals surface area contributed by atoms with Gasteiger partial charge in [0.15, 0.2) is 11.3 Å². The van der Waals surface area contributed by atoms with E-state index in [9.17, 15) is 4.79 Å². The highest BCUT2D eigenvalue weighted by Crippen LogP contribution is 2.34. The van der Waals surface area contributed by atoms with Gasteiger partial charge in [-0.15, -0.1) is 0 Å². The summed E-state index contributed by atoms with van der Waals surface area (Å²) in [6.45, 7) is 0. The van der Waals surface area contributed by atoms with Gasteiger partial charge in [-0.25, -0.2) is 14.8 Å². The zero-order chi connectivity index (χ0) is 8.84. The van der Waals surface area contributed by atoms with Crippen LogP contribution in [0.4, 0.5) is 0 Å². The van der Waals surface area contributed by atoms with Crippen LogP contribution in [0.3, 0.4) is 0 Å². The Labute approximate surface area is 73.4 Å². The van der Waals surface area contributed by atoms with Crippen LogP contribution in [-0.2, 0) is 0 Å². The van der Waals surface area contributed by atoms with Crippen molar-refractivity contribution in [3.05, 3.63) is 22.9 Å². The summed E-state index contributed by atoms with van der Waals surface area (Å²) in [5.41, 5.74) is 1.16. The molecule has 0 amide bonds. The quantitative estimate of drug-likeness (QED) is 0.686. The van der Waals surface area contributed by atoms with E-state index in [0.717, 1.165) is 12.8 Å². The first kappa shape index (κ1) is 6.82. The molecular weight excluding hydrogens is 168 g/mol. The Balaban J connectivity index is 2.41. The normalized spacial score (nSPS) is 16.6. The molecule has 0 radical (unpaired) electrons. The standard InChI is InChI=1S/C8H8N4O/c13-8-11-6-7(10-4-3-9-6)12(8)5-1-2-5/h3-5H,1-2H2,(H,9,11,13). The first-order valence-electron chi connectivity index (χ1n) is 4.27. The third-order valence-electron chi connectivity index (χ3n) is 2.26. The molecule has 1 fully saturated rings. The number of imidazole rings is 1. The lowest BCUT2D eigenvalue weighted by molar-refractivity contribution is 0.726. The van der Waals surface area contributed by atoms with Crippen molar-refractivity contribution in [1.82, 2.24) is 19.5 Å². The van der Waals surface area contributed by atoms with Gasteiger partial charge in [0.05, 0.1) is 0 Å². The molecule has 0 unspecified atom stereocenters. The van der Waals surface area contributed by atoms with Crippen molar-refractivity contribution in [2.45, 2.75) is 18.9 Å². The lowest BCUT2D eigenvalue weighted by atomic mass is 10.6. The molecule has 1 aliphatic carbocycles. The highest BCUT2D eigenvalue weighted by atomic mass is 16.1. The SMILES string of the molecule is O=c1[nH]c2nccnc2n1C1CC1. The van der Waals surface area contributed by atoms with E-state index in [1.54, 1.807) is 17.0 Å². The van der Waals surface area contributed by atoms with E-state index in [1.807, 2.05) is 0 Å². The van der Waals surface area contributed by atoms with Gasteiger partial charge >= 0.3 is 5.69 Å². The summed E-state index contributed by atoms with van der Waals surface area (Å²) in [5.74, 6) is 0. The second-order valence-corrected chi connectivity index (χ2v) is 3.26. The molecule has 2 heterocycles. The molecule has 0 atom stereocenters. The van der Waals surface area contributed by atoms with Crippen molar-refractivity contribution < 1.29 is 0 Å². The first-order chi connectivity index (χ1) is 6.36. The smallest absolute Gasteiger partial charge is 0.289 e. The summed E-state index contributed by atoms with van der Waals surface area (Å²) >= 11 is 0. The number of nitrogens with zero attached hydrogens (tertiary/aromatic N) is 3. The highest BCUT2D eigenvalue weighted by Gasteiger charge is 2.27. The number of rotatable bonds is 1. The van der Waals surface area contributed by atoms with E-state index in [2.05, 4.69) is 15.0 Å². The highest BCUT2D eigenvalue weighted by molar-refractivity contribution is 5.65. The Morgan fingerprint density at radius 1 is 1.38 bits per heavy atom. The lowest BCUT2D eigenvalue weighted by Gasteiger charge is -1.95. The summed E-state index contributed by atoms with van der Waals surface area (Å²) in [7, 11) is 0. The fraction of sp³-hybridized carbons (Fsp3) is 0.375. The molecule has 5 heteroatoms. The molecule has 0 spiro atoms. The maximum Gasteiger partial charge on any atom is 0.329 e. The Morgan fingerprint density at radius 3 is 2.92 bits per heavy atom. The van der Waals surface area contributed by atoms with Gasteiger partial charge in [0.1, 0.15) is 0 Å². The number of H-pyrrole nitrogens is 1. The number of fused-ring (bicyclic) bond motifs is 1. The van der Waals surface area contributed by atoms with Gasteiger partial charge < -0.3 is 0 Å². The van der Waals surface area contributed by atoms with Gasteiger partial charge in [-0.1, -0.05) is 0 Å². The second kappa shape index (κ2) is 2.18. The van der Waals surface area contributed by atoms with Crippen LogP contribution in [0.15, 0.2) is 17.2 Å². The van der Waals surface area contributed by atoms with Crippen molar-refractivity contribution in [2.75, 3.05) is 0 Å². The Hall–Kier alpha value is -1.65. The second-order valence-electron chi connectivity index (χ2n) is 3.26. The first-order valence-corrected chi connectivity index (χ1v) is 4.27. The summed E-state index contributed by atoms with van der Waals surface area (Å²) in [4.78, 5) is 22.3. The van der Waals surface area contributed by atoms with E-state index in [-0.39, 0.29) is 5.69 Å². The van der Waals surface area contributed by atoms with E-state index in [1.165, 1.54) is 0 Å². The minimum absolute atomic E-state index is 0.0938. The Kier molecular flexibility index (Phi) is 1.15. The molecule has 2 aromatic rings. The average molecular weight is 176 g/mol. The van der Waals surface area contributed by atoms with Crippen molar-refractivity contribution in [3.8, 4) is 0 Å². The molecule has 1 aliphatic rings. The molecule has 2 aromatic heterocycles. The topological polar surface area (TPSA) is 63.6 Å². The number of nitrogens with one attached hydrogen (secondary N) is 1. The van der Waals surface area contributed by atoms with Crippen LogP contribution in [0.1, 0.15) is 18.9 Å². The van der Waals surface area contributed by atoms with Crippen molar-refractivity contribution in [3.63, 3.8) is 0 Å². The van der Waals surface area contributed by atoms with Crippen molar-refractivity contribution in [1.29, 1.82) is 0 Å². The van der Waals surface area contributed by atoms with Gasteiger partial charge in [-0.05, 0) is 12.8 Å². The van der Waals surface area contributed by atoms with Crippen LogP contribution in [0.5, 0.6) is 0 Å². The largest absolute Gasteiger partial charge is 0.329 e. The molecule has 3 rings (SSSR count). The monoisotopic (exact) mass is 176 g/mol. The average Bonchev–Trinajstić information content (AvgIpc) is 2.88. The molecule has 0 aliphatic heterocycles. The molecule has 66 valence electrons. The molecule has 13 heavy (non-hydrogen) atoms. The molecule has 0 aromatic carbocycles.